The highest BCUT2D eigenvalue weighted by Gasteiger charge is 2.23. The number of carbonyl (C=O) groups excluding carboxylic acids is 1. The summed E-state index contributed by atoms with van der Waals surface area (Å²) in [6, 6.07) is 2.85. The molecule has 8 heteroatoms. The van der Waals surface area contributed by atoms with E-state index in [4.69, 9.17) is 11.6 Å². The number of benzene rings is 1. The van der Waals surface area contributed by atoms with Gasteiger partial charge in [-0.25, -0.2) is 12.7 Å². The minimum atomic E-state index is -3.74. The van der Waals surface area contributed by atoms with Crippen molar-refractivity contribution in [3.05, 3.63) is 22.7 Å². The third-order valence-corrected chi connectivity index (χ3v) is 5.34. The molecule has 0 radical (unpaired) electrons. The molecule has 0 bridgehead atoms. The first-order valence-corrected chi connectivity index (χ1v) is 8.16. The van der Waals surface area contributed by atoms with Gasteiger partial charge in [0.1, 0.15) is 15.7 Å². The zero-order valence-electron chi connectivity index (χ0n) is 12.2. The normalized spacial score (nSPS) is 11.7. The van der Waals surface area contributed by atoms with Gasteiger partial charge in [-0.2, -0.15) is 0 Å². The second-order valence-electron chi connectivity index (χ2n) is 4.74. The zero-order valence-corrected chi connectivity index (χ0v) is 13.8. The average Bonchev–Trinajstić information content (AvgIpc) is 2.41. The van der Waals surface area contributed by atoms with Gasteiger partial charge in [0.05, 0.1) is 0 Å². The molecule has 1 aromatic carbocycles. The van der Waals surface area contributed by atoms with Crippen LogP contribution in [-0.4, -0.2) is 44.9 Å². The van der Waals surface area contributed by atoms with Crippen LogP contribution in [0.1, 0.15) is 18.4 Å². The van der Waals surface area contributed by atoms with Crippen molar-refractivity contribution in [2.75, 3.05) is 21.1 Å². The summed E-state index contributed by atoms with van der Waals surface area (Å²) in [5.41, 5.74) is 0.612. The summed E-state index contributed by atoms with van der Waals surface area (Å²) in [4.78, 5) is 11.0. The largest absolute Gasteiger partial charge is 0.506 e. The molecule has 0 unspecified atom stereocenters. The van der Waals surface area contributed by atoms with Crippen molar-refractivity contribution in [3.63, 3.8) is 0 Å². The predicted octanol–water partition coefficient (Wildman–Crippen LogP) is 1.36. The smallest absolute Gasteiger partial charge is 0.244 e. The summed E-state index contributed by atoms with van der Waals surface area (Å²) in [6.45, 7) is 0. The van der Waals surface area contributed by atoms with Gasteiger partial charge in [0.15, 0.2) is 0 Å². The van der Waals surface area contributed by atoms with Gasteiger partial charge in [0.25, 0.3) is 0 Å². The molecule has 0 saturated heterocycles. The first-order valence-electron chi connectivity index (χ1n) is 6.34. The number of aromatic hydroxyl groups is 1. The molecule has 0 atom stereocenters. The van der Waals surface area contributed by atoms with Gasteiger partial charge in [0, 0.05) is 27.6 Å². The van der Waals surface area contributed by atoms with Crippen LogP contribution in [0.2, 0.25) is 5.02 Å². The number of rotatable bonds is 6. The summed E-state index contributed by atoms with van der Waals surface area (Å²) in [5, 5.41) is 12.1. The number of amides is 1. The zero-order chi connectivity index (χ0) is 16.2. The molecule has 118 valence electrons. The van der Waals surface area contributed by atoms with Crippen molar-refractivity contribution < 1.29 is 18.3 Å². The van der Waals surface area contributed by atoms with Crippen LogP contribution in [0.5, 0.6) is 5.75 Å². The fraction of sp³-hybridized carbons (Fsp3) is 0.462. The van der Waals surface area contributed by atoms with E-state index in [0.717, 1.165) is 4.31 Å². The molecular weight excluding hydrogens is 316 g/mol. The molecule has 1 aromatic rings. The molecule has 21 heavy (non-hydrogen) atoms. The van der Waals surface area contributed by atoms with Crippen LogP contribution < -0.4 is 5.32 Å². The molecule has 0 aromatic heterocycles. The Labute approximate surface area is 129 Å². The van der Waals surface area contributed by atoms with Gasteiger partial charge >= 0.3 is 0 Å². The van der Waals surface area contributed by atoms with E-state index in [2.05, 4.69) is 5.32 Å². The Kier molecular flexibility index (Phi) is 6.00. The maximum atomic E-state index is 12.2. The van der Waals surface area contributed by atoms with Crippen molar-refractivity contribution >= 4 is 27.5 Å². The maximum Gasteiger partial charge on any atom is 0.244 e. The highest BCUT2D eigenvalue weighted by atomic mass is 35.5. The lowest BCUT2D eigenvalue weighted by atomic mass is 10.1. The number of aryl methyl sites for hydroxylation is 1. The second-order valence-corrected chi connectivity index (χ2v) is 7.24. The molecule has 0 saturated carbocycles. The molecule has 1 rings (SSSR count). The monoisotopic (exact) mass is 334 g/mol. The van der Waals surface area contributed by atoms with Crippen LogP contribution in [0.4, 0.5) is 0 Å². The van der Waals surface area contributed by atoms with Crippen LogP contribution >= 0.6 is 11.6 Å². The van der Waals surface area contributed by atoms with E-state index < -0.39 is 10.0 Å². The Morgan fingerprint density at radius 2 is 2.00 bits per heavy atom. The van der Waals surface area contributed by atoms with Crippen LogP contribution in [0.25, 0.3) is 0 Å². The number of carbonyl (C=O) groups is 1. The van der Waals surface area contributed by atoms with Gasteiger partial charge in [0.2, 0.25) is 15.9 Å². The van der Waals surface area contributed by atoms with Crippen LogP contribution in [-0.2, 0) is 21.2 Å². The number of nitrogens with one attached hydrogen (secondary N) is 1. The van der Waals surface area contributed by atoms with Crippen LogP contribution in [0, 0.1) is 0 Å². The lowest BCUT2D eigenvalue weighted by molar-refractivity contribution is -0.120. The summed E-state index contributed by atoms with van der Waals surface area (Å²) < 4.78 is 25.3. The highest BCUT2D eigenvalue weighted by Crippen LogP contribution is 2.33. The lowest BCUT2D eigenvalue weighted by Crippen LogP contribution is -2.22. The number of phenolic OH excluding ortho intramolecular Hbond substituents is 1. The average molecular weight is 335 g/mol. The Morgan fingerprint density at radius 3 is 2.52 bits per heavy atom. The van der Waals surface area contributed by atoms with Gasteiger partial charge in [-0.05, 0) is 30.5 Å². The summed E-state index contributed by atoms with van der Waals surface area (Å²) in [7, 11) is 0.597. The molecule has 2 N–H and O–H groups in total. The summed E-state index contributed by atoms with van der Waals surface area (Å²) in [6.07, 6.45) is 1.34. The second kappa shape index (κ2) is 7.11. The van der Waals surface area contributed by atoms with E-state index in [9.17, 15) is 18.3 Å². The molecule has 0 aliphatic carbocycles. The standard InChI is InChI=1S/C13H19ClN2O4S/c1-15-12(18)6-4-5-9-7-10(17)13(14)11(8-9)21(19,20)16(2)3/h7-8,17H,4-6H2,1-3H3,(H,15,18). The first kappa shape index (κ1) is 17.7. The van der Waals surface area contributed by atoms with Gasteiger partial charge in [-0.3, -0.25) is 4.79 Å². The van der Waals surface area contributed by atoms with Gasteiger partial charge < -0.3 is 10.4 Å². The number of sulfonamides is 1. The van der Waals surface area contributed by atoms with Gasteiger partial charge in [-0.15, -0.1) is 0 Å². The van der Waals surface area contributed by atoms with Crippen molar-refractivity contribution in [2.24, 2.45) is 0 Å². The molecule has 0 aliphatic heterocycles. The fourth-order valence-electron chi connectivity index (χ4n) is 1.75. The van der Waals surface area contributed by atoms with E-state index in [1.54, 1.807) is 7.05 Å². The van der Waals surface area contributed by atoms with E-state index in [1.165, 1.54) is 26.2 Å². The van der Waals surface area contributed by atoms with E-state index in [-0.39, 0.29) is 21.6 Å². The van der Waals surface area contributed by atoms with Crippen LogP contribution in [0.3, 0.4) is 0 Å². The quantitative estimate of drug-likeness (QED) is 0.822. The topological polar surface area (TPSA) is 86.7 Å². The first-order chi connectivity index (χ1) is 9.70. The minimum absolute atomic E-state index is 0.0886. The Bertz CT molecular complexity index is 629. The Morgan fingerprint density at radius 1 is 1.38 bits per heavy atom. The molecule has 0 heterocycles. The van der Waals surface area contributed by atoms with E-state index >= 15 is 0 Å². The Balaban J connectivity index is 3.05. The molecule has 6 nitrogen and oxygen atoms in total. The third kappa shape index (κ3) is 4.33. The van der Waals surface area contributed by atoms with Crippen molar-refractivity contribution in [2.45, 2.75) is 24.2 Å². The Hall–Kier alpha value is -1.31. The summed E-state index contributed by atoms with van der Waals surface area (Å²) >= 11 is 5.88. The van der Waals surface area contributed by atoms with Gasteiger partial charge in [-0.1, -0.05) is 11.6 Å². The molecule has 0 aliphatic rings. The van der Waals surface area contributed by atoms with Crippen molar-refractivity contribution in [1.29, 1.82) is 0 Å². The van der Waals surface area contributed by atoms with E-state index in [0.29, 0.717) is 24.8 Å². The van der Waals surface area contributed by atoms with Crippen molar-refractivity contribution in [3.8, 4) is 5.75 Å². The number of halogens is 1. The molecule has 0 spiro atoms. The fourth-order valence-corrected chi connectivity index (χ4v) is 3.17. The number of nitrogens with zero attached hydrogens (tertiary/aromatic N) is 1. The van der Waals surface area contributed by atoms with Crippen LogP contribution in [0.15, 0.2) is 17.0 Å². The SMILES string of the molecule is CNC(=O)CCCc1cc(O)c(Cl)c(S(=O)(=O)N(C)C)c1. The molecular formula is C13H19ClN2O4S. The number of hydrogen-bond donors (Lipinski definition) is 2. The maximum absolute atomic E-state index is 12.2. The number of hydrogen-bond acceptors (Lipinski definition) is 4. The lowest BCUT2D eigenvalue weighted by Gasteiger charge is -2.15. The minimum Gasteiger partial charge on any atom is -0.506 e. The highest BCUT2D eigenvalue weighted by molar-refractivity contribution is 7.89. The van der Waals surface area contributed by atoms with E-state index in [1.807, 2.05) is 0 Å². The molecule has 0 fully saturated rings. The third-order valence-electron chi connectivity index (χ3n) is 2.99. The predicted molar refractivity (Wildman–Crippen MR) is 81.0 cm³/mol. The molecule has 1 amide bonds. The summed E-state index contributed by atoms with van der Waals surface area (Å²) in [5.74, 6) is -0.371. The number of phenols is 1. The van der Waals surface area contributed by atoms with Crippen molar-refractivity contribution in [1.82, 2.24) is 9.62 Å².